The monoisotopic (exact) mass is 349 g/mol. The maximum Gasteiger partial charge on any atom is 0.326 e. The summed E-state index contributed by atoms with van der Waals surface area (Å²) in [6.07, 6.45) is 1.50. The second kappa shape index (κ2) is 10.8. The van der Waals surface area contributed by atoms with Gasteiger partial charge >= 0.3 is 11.9 Å². The van der Waals surface area contributed by atoms with Crippen LogP contribution in [0.15, 0.2) is 0 Å². The first-order valence-corrected chi connectivity index (χ1v) is 8.38. The van der Waals surface area contributed by atoms with E-state index in [-0.39, 0.29) is 12.8 Å². The third-order valence-corrected chi connectivity index (χ3v) is 3.56. The number of carbonyl (C=O) groups is 4. The predicted octanol–water partition coefficient (Wildman–Crippen LogP) is -0.994. The molecule has 0 rings (SSSR count). The van der Waals surface area contributed by atoms with Gasteiger partial charge in [-0.3, -0.25) is 14.4 Å². The fraction of sp³-hybridized carbons (Fsp3) is 0.692. The maximum atomic E-state index is 12.2. The largest absolute Gasteiger partial charge is 0.481 e. The molecule has 0 unspecified atom stereocenters. The normalized spacial score (nSPS) is 14.4. The highest BCUT2D eigenvalue weighted by Gasteiger charge is 2.27. The number of hydrogen-bond acceptors (Lipinski definition) is 6. The van der Waals surface area contributed by atoms with Crippen molar-refractivity contribution in [3.8, 4) is 0 Å². The van der Waals surface area contributed by atoms with E-state index in [0.29, 0.717) is 12.2 Å². The van der Waals surface area contributed by atoms with Gasteiger partial charge in [0.05, 0.1) is 6.04 Å². The topological polar surface area (TPSA) is 159 Å². The molecule has 0 saturated carbocycles. The summed E-state index contributed by atoms with van der Waals surface area (Å²) in [4.78, 5) is 45.4. The average molecular weight is 349 g/mol. The molecule has 0 spiro atoms. The van der Waals surface area contributed by atoms with Crippen molar-refractivity contribution >= 4 is 35.5 Å². The molecule has 0 bridgehead atoms. The number of carboxylic acids is 2. The molecule has 9 nitrogen and oxygen atoms in total. The molecule has 2 amide bonds. The molecular weight excluding hydrogens is 326 g/mol. The minimum absolute atomic E-state index is 0.243. The first-order chi connectivity index (χ1) is 10.7. The molecular formula is C13H23N3O6S. The van der Waals surface area contributed by atoms with Crippen molar-refractivity contribution < 1.29 is 29.4 Å². The Balaban J connectivity index is 4.85. The summed E-state index contributed by atoms with van der Waals surface area (Å²) in [6.45, 7) is 1.46. The van der Waals surface area contributed by atoms with E-state index in [1.54, 1.807) is 0 Å². The number of amides is 2. The van der Waals surface area contributed by atoms with Crippen molar-refractivity contribution in [2.45, 2.75) is 44.3 Å². The molecule has 132 valence electrons. The Hall–Kier alpha value is -1.81. The average Bonchev–Trinajstić information content (AvgIpc) is 2.46. The van der Waals surface area contributed by atoms with Crippen LogP contribution in [0, 0.1) is 0 Å². The first-order valence-electron chi connectivity index (χ1n) is 6.98. The molecule has 6 N–H and O–H groups in total. The minimum atomic E-state index is -1.33. The van der Waals surface area contributed by atoms with E-state index in [1.807, 2.05) is 6.26 Å². The lowest BCUT2D eigenvalue weighted by Crippen LogP contribution is -2.54. The van der Waals surface area contributed by atoms with E-state index < -0.39 is 41.9 Å². The van der Waals surface area contributed by atoms with Crippen molar-refractivity contribution in [3.63, 3.8) is 0 Å². The van der Waals surface area contributed by atoms with Crippen molar-refractivity contribution in [2.24, 2.45) is 5.73 Å². The molecule has 0 aromatic rings. The van der Waals surface area contributed by atoms with Gasteiger partial charge < -0.3 is 26.6 Å². The summed E-state index contributed by atoms with van der Waals surface area (Å²) in [5, 5.41) is 22.4. The van der Waals surface area contributed by atoms with Gasteiger partial charge in [-0.2, -0.15) is 11.8 Å². The SMILES string of the molecule is CSCC[C@H](NC(=O)[C@H](C)N)C(=O)N[C@@H](CCC(=O)O)C(=O)O. The van der Waals surface area contributed by atoms with E-state index in [1.165, 1.54) is 18.7 Å². The van der Waals surface area contributed by atoms with Gasteiger partial charge in [0, 0.05) is 6.42 Å². The van der Waals surface area contributed by atoms with Gasteiger partial charge in [0.25, 0.3) is 0 Å². The smallest absolute Gasteiger partial charge is 0.326 e. The molecule has 0 aliphatic carbocycles. The Bertz CT molecular complexity index is 443. The van der Waals surface area contributed by atoms with Crippen molar-refractivity contribution in [2.75, 3.05) is 12.0 Å². The van der Waals surface area contributed by atoms with Crippen LogP contribution in [0.25, 0.3) is 0 Å². The van der Waals surface area contributed by atoms with Gasteiger partial charge in [-0.15, -0.1) is 0 Å². The standard InChI is InChI=1S/C13H23N3O6S/c1-7(14)11(19)15-8(5-6-23-2)12(20)16-9(13(21)22)3-4-10(17)18/h7-9H,3-6,14H2,1-2H3,(H,15,19)(H,16,20)(H,17,18)(H,21,22)/t7-,8-,9-/m0/s1. The van der Waals surface area contributed by atoms with E-state index >= 15 is 0 Å². The van der Waals surface area contributed by atoms with Crippen LogP contribution in [0.5, 0.6) is 0 Å². The number of carbonyl (C=O) groups excluding carboxylic acids is 2. The van der Waals surface area contributed by atoms with E-state index in [2.05, 4.69) is 10.6 Å². The van der Waals surface area contributed by atoms with Gasteiger partial charge in [0.15, 0.2) is 0 Å². The highest BCUT2D eigenvalue weighted by atomic mass is 32.2. The Morgan fingerprint density at radius 1 is 1.04 bits per heavy atom. The minimum Gasteiger partial charge on any atom is -0.481 e. The van der Waals surface area contributed by atoms with E-state index in [9.17, 15) is 19.2 Å². The number of hydrogen-bond donors (Lipinski definition) is 5. The molecule has 0 aliphatic rings. The van der Waals surface area contributed by atoms with Crippen LogP contribution in [0.1, 0.15) is 26.2 Å². The van der Waals surface area contributed by atoms with Crippen LogP contribution < -0.4 is 16.4 Å². The fourth-order valence-corrected chi connectivity index (χ4v) is 2.08. The summed E-state index contributed by atoms with van der Waals surface area (Å²) in [5.41, 5.74) is 5.44. The molecule has 0 aliphatic heterocycles. The Labute approximate surface area is 138 Å². The van der Waals surface area contributed by atoms with Crippen LogP contribution in [0.4, 0.5) is 0 Å². The fourth-order valence-electron chi connectivity index (χ4n) is 1.61. The van der Waals surface area contributed by atoms with Gasteiger partial charge in [0.2, 0.25) is 11.8 Å². The van der Waals surface area contributed by atoms with Crippen molar-refractivity contribution in [1.29, 1.82) is 0 Å². The molecule has 10 heteroatoms. The summed E-state index contributed by atoms with van der Waals surface area (Å²) < 4.78 is 0. The lowest BCUT2D eigenvalue weighted by molar-refractivity contribution is -0.143. The zero-order valence-corrected chi connectivity index (χ0v) is 13.9. The molecule has 0 aromatic heterocycles. The van der Waals surface area contributed by atoms with Crippen LogP contribution in [0.3, 0.4) is 0 Å². The van der Waals surface area contributed by atoms with Crippen molar-refractivity contribution in [3.05, 3.63) is 0 Å². The lowest BCUT2D eigenvalue weighted by Gasteiger charge is -2.21. The van der Waals surface area contributed by atoms with Crippen LogP contribution in [-0.4, -0.2) is 64.1 Å². The zero-order valence-electron chi connectivity index (χ0n) is 13.1. The van der Waals surface area contributed by atoms with Gasteiger partial charge in [0.1, 0.15) is 12.1 Å². The third-order valence-electron chi connectivity index (χ3n) is 2.92. The molecule has 0 aromatic carbocycles. The van der Waals surface area contributed by atoms with Crippen LogP contribution in [0.2, 0.25) is 0 Å². The number of carboxylic acid groups (broad SMARTS) is 2. The molecule has 0 radical (unpaired) electrons. The second-order valence-electron chi connectivity index (χ2n) is 4.96. The van der Waals surface area contributed by atoms with Gasteiger partial charge in [-0.05, 0) is 31.8 Å². The van der Waals surface area contributed by atoms with Crippen molar-refractivity contribution in [1.82, 2.24) is 10.6 Å². The lowest BCUT2D eigenvalue weighted by atomic mass is 10.1. The third kappa shape index (κ3) is 9.04. The quantitative estimate of drug-likeness (QED) is 0.318. The zero-order chi connectivity index (χ0) is 18.0. The summed E-state index contributed by atoms with van der Waals surface area (Å²) >= 11 is 1.47. The molecule has 23 heavy (non-hydrogen) atoms. The van der Waals surface area contributed by atoms with E-state index in [4.69, 9.17) is 15.9 Å². The van der Waals surface area contributed by atoms with Gasteiger partial charge in [-0.1, -0.05) is 0 Å². The second-order valence-corrected chi connectivity index (χ2v) is 5.95. The molecule has 3 atom stereocenters. The highest BCUT2D eigenvalue weighted by molar-refractivity contribution is 7.98. The Morgan fingerprint density at radius 3 is 2.04 bits per heavy atom. The summed E-state index contributed by atoms with van der Waals surface area (Å²) in [5.74, 6) is -3.12. The Kier molecular flexibility index (Phi) is 9.99. The number of nitrogens with one attached hydrogen (secondary N) is 2. The first kappa shape index (κ1) is 21.2. The molecule has 0 fully saturated rings. The van der Waals surface area contributed by atoms with Crippen LogP contribution >= 0.6 is 11.8 Å². The Morgan fingerprint density at radius 2 is 1.61 bits per heavy atom. The predicted molar refractivity (Wildman–Crippen MR) is 85.0 cm³/mol. The summed E-state index contributed by atoms with van der Waals surface area (Å²) in [6, 6.07) is -3.06. The highest BCUT2D eigenvalue weighted by Crippen LogP contribution is 2.04. The maximum absolute atomic E-state index is 12.2. The summed E-state index contributed by atoms with van der Waals surface area (Å²) in [7, 11) is 0. The number of thioether (sulfide) groups is 1. The molecule has 0 saturated heterocycles. The number of nitrogens with two attached hydrogens (primary N) is 1. The number of rotatable bonds is 11. The number of aliphatic carboxylic acids is 2. The van der Waals surface area contributed by atoms with Crippen LogP contribution in [-0.2, 0) is 19.2 Å². The molecule has 0 heterocycles. The van der Waals surface area contributed by atoms with Gasteiger partial charge in [-0.25, -0.2) is 4.79 Å². The van der Waals surface area contributed by atoms with E-state index in [0.717, 1.165) is 0 Å².